The normalized spacial score (nSPS) is 19.4. The Bertz CT molecular complexity index is 1790. The summed E-state index contributed by atoms with van der Waals surface area (Å²) >= 11 is 0. The number of carbonyl (C=O) groups is 2. The number of benzene rings is 3. The maximum Gasteiger partial charge on any atom is 0.321 e. The van der Waals surface area contributed by atoms with Crippen LogP contribution in [0.15, 0.2) is 71.9 Å². The molecule has 10 nitrogen and oxygen atoms in total. The number of hydrogen-bond donors (Lipinski definition) is 2. The average molecular weight is 633 g/mol. The van der Waals surface area contributed by atoms with E-state index < -0.39 is 36.0 Å². The van der Waals surface area contributed by atoms with Crippen molar-refractivity contribution in [2.24, 2.45) is 10.9 Å². The Kier molecular flexibility index (Phi) is 8.83. The Morgan fingerprint density at radius 2 is 2.02 bits per heavy atom. The highest BCUT2D eigenvalue weighted by molar-refractivity contribution is 5.99. The van der Waals surface area contributed by atoms with Gasteiger partial charge >= 0.3 is 5.92 Å². The lowest BCUT2D eigenvalue weighted by Gasteiger charge is -2.28. The minimum absolute atomic E-state index is 0.0891. The van der Waals surface area contributed by atoms with Gasteiger partial charge < -0.3 is 24.6 Å². The van der Waals surface area contributed by atoms with Gasteiger partial charge in [-0.05, 0) is 67.8 Å². The molecule has 2 aliphatic rings. The number of aliphatic hydroxyl groups excluding tert-OH is 1. The molecule has 1 aliphatic carbocycles. The first-order chi connectivity index (χ1) is 22.1. The number of aromatic nitrogens is 2. The summed E-state index contributed by atoms with van der Waals surface area (Å²) in [5.41, 5.74) is 3.24. The Labute approximate surface area is 264 Å². The van der Waals surface area contributed by atoms with Gasteiger partial charge in [0, 0.05) is 35.6 Å². The van der Waals surface area contributed by atoms with Crippen LogP contribution in [0.2, 0.25) is 0 Å². The van der Waals surface area contributed by atoms with Gasteiger partial charge in [0.15, 0.2) is 6.79 Å². The van der Waals surface area contributed by atoms with E-state index in [1.807, 2.05) is 12.1 Å². The second-order valence-electron chi connectivity index (χ2n) is 11.7. The smallest absolute Gasteiger partial charge is 0.321 e. The molecule has 12 heteroatoms. The third-order valence-electron chi connectivity index (χ3n) is 8.24. The molecule has 2 N–H and O–H groups in total. The molecular formula is C34H34F2N4O6. The number of aliphatic hydroxyl groups is 1. The number of nitrogens with one attached hydrogen (secondary N) is 1. The Hall–Kier alpha value is -4.68. The van der Waals surface area contributed by atoms with Crippen molar-refractivity contribution in [1.82, 2.24) is 15.1 Å². The quantitative estimate of drug-likeness (QED) is 0.232. The maximum atomic E-state index is 13.8. The molecule has 6 rings (SSSR count). The van der Waals surface area contributed by atoms with E-state index in [1.54, 1.807) is 72.5 Å². The lowest BCUT2D eigenvalue weighted by Crippen LogP contribution is -2.46. The molecule has 3 aromatic carbocycles. The number of hydrogen-bond acceptors (Lipinski definition) is 7. The number of rotatable bonds is 9. The summed E-state index contributed by atoms with van der Waals surface area (Å²) < 4.78 is 46.5. The molecule has 46 heavy (non-hydrogen) atoms. The van der Waals surface area contributed by atoms with E-state index in [0.29, 0.717) is 48.3 Å². The van der Waals surface area contributed by atoms with Crippen molar-refractivity contribution in [1.29, 1.82) is 0 Å². The molecule has 4 aromatic rings. The molecular weight excluding hydrogens is 598 g/mol. The monoisotopic (exact) mass is 632 g/mol. The van der Waals surface area contributed by atoms with Gasteiger partial charge in [-0.25, -0.2) is 9.67 Å². The summed E-state index contributed by atoms with van der Waals surface area (Å²) in [7, 11) is 0. The number of nitrogens with zero attached hydrogens (tertiary/aromatic N) is 3. The van der Waals surface area contributed by atoms with E-state index in [-0.39, 0.29) is 12.7 Å². The zero-order chi connectivity index (χ0) is 32.4. The van der Waals surface area contributed by atoms with E-state index >= 15 is 0 Å². The van der Waals surface area contributed by atoms with E-state index in [0.717, 1.165) is 29.3 Å². The highest BCUT2D eigenvalue weighted by atomic mass is 19.3. The molecule has 1 aliphatic heterocycles. The van der Waals surface area contributed by atoms with Crippen LogP contribution < -0.4 is 14.8 Å². The summed E-state index contributed by atoms with van der Waals surface area (Å²) in [6.45, 7) is 2.61. The van der Waals surface area contributed by atoms with Gasteiger partial charge in [-0.3, -0.25) is 9.59 Å². The van der Waals surface area contributed by atoms with Gasteiger partial charge in [-0.2, -0.15) is 13.9 Å². The number of carbonyl (C=O) groups excluding carboxylic acids is 2. The van der Waals surface area contributed by atoms with Crippen molar-refractivity contribution in [2.45, 2.75) is 63.9 Å². The number of alkyl halides is 2. The minimum atomic E-state index is -3.56. The van der Waals surface area contributed by atoms with Gasteiger partial charge in [0.1, 0.15) is 17.6 Å². The predicted octanol–water partition coefficient (Wildman–Crippen LogP) is 5.54. The summed E-state index contributed by atoms with van der Waals surface area (Å²) in [6.07, 6.45) is 4.33. The summed E-state index contributed by atoms with van der Waals surface area (Å²) in [6, 6.07) is 16.8. The van der Waals surface area contributed by atoms with Crippen LogP contribution in [0.1, 0.15) is 60.7 Å². The third-order valence-corrected chi connectivity index (χ3v) is 8.24. The summed E-state index contributed by atoms with van der Waals surface area (Å²) in [4.78, 5) is 29.1. The zero-order valence-electron chi connectivity index (χ0n) is 25.4. The van der Waals surface area contributed by atoms with Crippen molar-refractivity contribution in [3.8, 4) is 17.2 Å². The van der Waals surface area contributed by atoms with Crippen LogP contribution in [0.4, 0.5) is 8.78 Å². The molecule has 4 atom stereocenters. The Morgan fingerprint density at radius 3 is 2.80 bits per heavy atom. The topological polar surface area (TPSA) is 124 Å². The molecule has 2 unspecified atom stereocenters. The summed E-state index contributed by atoms with van der Waals surface area (Å²) in [5, 5.41) is 17.7. The second kappa shape index (κ2) is 13.0. The second-order valence-corrected chi connectivity index (χ2v) is 11.7. The van der Waals surface area contributed by atoms with E-state index in [9.17, 15) is 23.5 Å². The van der Waals surface area contributed by atoms with Crippen molar-refractivity contribution >= 4 is 28.9 Å². The lowest BCUT2D eigenvalue weighted by molar-refractivity contribution is -0.144. The standard InChI is InChI=1S/C34H34F2N4O6/c1-20(39-33(43)34(2,35)36)31(21-9-10-24-18-44-19-45-30(24)15-21)46-27-11-12-28-25(14-27)17-38-40(28)26-7-3-5-22(13-26)32(42)37-16-23-6-4-8-29(23)41/h3,5,7,9-17,20,23,29,31,41H,4,6,8,18-19H2,1-2H3,(H,39,43)/t20-,23?,29?,31-/m0/s1. The van der Waals surface area contributed by atoms with E-state index in [1.165, 1.54) is 0 Å². The maximum absolute atomic E-state index is 13.8. The van der Waals surface area contributed by atoms with E-state index in [4.69, 9.17) is 14.2 Å². The Balaban J connectivity index is 1.25. The van der Waals surface area contributed by atoms with Crippen molar-refractivity contribution in [3.63, 3.8) is 0 Å². The van der Waals surface area contributed by atoms with Crippen LogP contribution in [0.25, 0.3) is 16.6 Å². The first-order valence-electron chi connectivity index (χ1n) is 15.1. The molecule has 240 valence electrons. The van der Waals surface area contributed by atoms with Gasteiger partial charge in [0.05, 0.1) is 36.2 Å². The molecule has 1 aromatic heterocycles. The minimum Gasteiger partial charge on any atom is -0.484 e. The van der Waals surface area contributed by atoms with Crippen LogP contribution in [0.5, 0.6) is 11.5 Å². The van der Waals surface area contributed by atoms with Crippen LogP contribution in [-0.4, -0.2) is 57.8 Å². The third kappa shape index (κ3) is 6.77. The van der Waals surface area contributed by atoms with Crippen LogP contribution in [-0.2, 0) is 16.1 Å². The number of fused-ring (bicyclic) bond motifs is 2. The van der Waals surface area contributed by atoms with Crippen molar-refractivity contribution in [2.75, 3.05) is 6.79 Å². The lowest BCUT2D eigenvalue weighted by atomic mass is 10.00. The van der Waals surface area contributed by atoms with Crippen molar-refractivity contribution in [3.05, 3.63) is 83.6 Å². The fourth-order valence-electron chi connectivity index (χ4n) is 5.71. The average Bonchev–Trinajstić information content (AvgIpc) is 3.67. The molecule has 2 heterocycles. The Morgan fingerprint density at radius 1 is 1.17 bits per heavy atom. The highest BCUT2D eigenvalue weighted by Gasteiger charge is 2.35. The van der Waals surface area contributed by atoms with Gasteiger partial charge in [-0.15, -0.1) is 0 Å². The number of ether oxygens (including phenoxy) is 3. The van der Waals surface area contributed by atoms with Gasteiger partial charge in [0.25, 0.3) is 11.8 Å². The fraction of sp³-hybridized carbons (Fsp3) is 0.353. The molecule has 1 fully saturated rings. The first kappa shape index (κ1) is 31.3. The molecule has 0 bridgehead atoms. The molecule has 2 amide bonds. The molecule has 1 saturated carbocycles. The molecule has 0 radical (unpaired) electrons. The largest absolute Gasteiger partial charge is 0.484 e. The first-order valence-corrected chi connectivity index (χ1v) is 15.1. The summed E-state index contributed by atoms with van der Waals surface area (Å²) in [5.74, 6) is -4.46. The SMILES string of the molecule is C[C@H](NC(=O)C(C)(F)F)[C@H](Oc1ccc2c(cnn2-c2cccc(C(=O)N=CC3CCCC3O)c2)c1)c1ccc2c(c1)OCOC2. The van der Waals surface area contributed by atoms with E-state index in [2.05, 4.69) is 15.4 Å². The van der Waals surface area contributed by atoms with Crippen LogP contribution >= 0.6 is 0 Å². The van der Waals surface area contributed by atoms with Gasteiger partial charge in [-0.1, -0.05) is 24.6 Å². The van der Waals surface area contributed by atoms with Crippen LogP contribution in [0.3, 0.4) is 0 Å². The number of aliphatic imine (C=N–C) groups is 1. The fourth-order valence-corrected chi connectivity index (χ4v) is 5.71. The molecule has 0 spiro atoms. The van der Waals surface area contributed by atoms with Gasteiger partial charge in [0.2, 0.25) is 0 Å². The van der Waals surface area contributed by atoms with Crippen molar-refractivity contribution < 1.29 is 37.7 Å². The molecule has 0 saturated heterocycles. The highest BCUT2D eigenvalue weighted by Crippen LogP contribution is 2.33. The predicted molar refractivity (Wildman–Crippen MR) is 166 cm³/mol. The van der Waals surface area contributed by atoms with Crippen LogP contribution in [0, 0.1) is 5.92 Å². The number of halogens is 2. The number of amides is 2. The zero-order valence-corrected chi connectivity index (χ0v) is 25.4.